The molecule has 3 aromatic rings. The van der Waals surface area contributed by atoms with Crippen LogP contribution in [0.3, 0.4) is 0 Å². The third-order valence-corrected chi connectivity index (χ3v) is 2.97. The van der Waals surface area contributed by atoms with E-state index in [-0.39, 0.29) is 5.82 Å². The van der Waals surface area contributed by atoms with Crippen molar-refractivity contribution in [2.24, 2.45) is 0 Å². The normalized spacial score (nSPS) is 10.8. The van der Waals surface area contributed by atoms with E-state index in [4.69, 9.17) is 10.5 Å². The number of halogens is 1. The third kappa shape index (κ3) is 1.79. The van der Waals surface area contributed by atoms with Gasteiger partial charge in [-0.15, -0.1) is 0 Å². The summed E-state index contributed by atoms with van der Waals surface area (Å²) in [6.07, 6.45) is 0. The van der Waals surface area contributed by atoms with Crippen LogP contribution in [-0.2, 0) is 0 Å². The van der Waals surface area contributed by atoms with Gasteiger partial charge in [-0.25, -0.2) is 9.37 Å². The van der Waals surface area contributed by atoms with Crippen LogP contribution >= 0.6 is 0 Å². The second-order valence-electron chi connectivity index (χ2n) is 4.11. The van der Waals surface area contributed by atoms with Crippen LogP contribution in [0.1, 0.15) is 0 Å². The molecule has 2 N–H and O–H groups in total. The molecular weight excluding hydrogens is 245 g/mol. The molecule has 0 saturated carbocycles. The number of hydrogen-bond donors (Lipinski definition) is 1. The zero-order valence-corrected chi connectivity index (χ0v) is 10.3. The lowest BCUT2D eigenvalue weighted by molar-refractivity contribution is 0.413. The minimum atomic E-state index is -0.336. The molecule has 0 unspecified atom stereocenters. The van der Waals surface area contributed by atoms with Crippen molar-refractivity contribution in [1.29, 1.82) is 0 Å². The van der Waals surface area contributed by atoms with Gasteiger partial charge in [0.15, 0.2) is 0 Å². The number of nitrogens with two attached hydrogens (primary N) is 1. The van der Waals surface area contributed by atoms with Gasteiger partial charge in [-0.3, -0.25) is 4.57 Å². The van der Waals surface area contributed by atoms with E-state index >= 15 is 0 Å². The van der Waals surface area contributed by atoms with E-state index in [0.717, 1.165) is 11.2 Å². The van der Waals surface area contributed by atoms with E-state index < -0.39 is 0 Å². The molecule has 2 aromatic carbocycles. The zero-order chi connectivity index (χ0) is 13.4. The van der Waals surface area contributed by atoms with Gasteiger partial charge in [0.1, 0.15) is 11.6 Å². The average Bonchev–Trinajstić information content (AvgIpc) is 2.73. The smallest absolute Gasteiger partial charge is 0.206 e. The summed E-state index contributed by atoms with van der Waals surface area (Å²) in [7, 11) is 1.59. The van der Waals surface area contributed by atoms with Crippen LogP contribution in [-0.4, -0.2) is 16.7 Å². The summed E-state index contributed by atoms with van der Waals surface area (Å²) < 4.78 is 20.3. The molecule has 19 heavy (non-hydrogen) atoms. The van der Waals surface area contributed by atoms with Crippen molar-refractivity contribution in [3.05, 3.63) is 48.3 Å². The third-order valence-electron chi connectivity index (χ3n) is 2.97. The number of ether oxygens (including phenoxy) is 1. The van der Waals surface area contributed by atoms with Crippen LogP contribution in [0, 0.1) is 5.82 Å². The summed E-state index contributed by atoms with van der Waals surface area (Å²) in [6, 6.07) is 11.9. The molecule has 0 spiro atoms. The van der Waals surface area contributed by atoms with Gasteiger partial charge < -0.3 is 10.5 Å². The molecule has 0 atom stereocenters. The number of rotatable bonds is 2. The minimum Gasteiger partial charge on any atom is -0.495 e. The molecule has 1 heterocycles. The Morgan fingerprint density at radius 2 is 2.00 bits per heavy atom. The van der Waals surface area contributed by atoms with Crippen molar-refractivity contribution < 1.29 is 9.13 Å². The van der Waals surface area contributed by atoms with Crippen LogP contribution in [0.15, 0.2) is 42.5 Å². The lowest BCUT2D eigenvalue weighted by Crippen LogP contribution is -2.02. The summed E-state index contributed by atoms with van der Waals surface area (Å²) in [5.41, 5.74) is 7.96. The fourth-order valence-corrected chi connectivity index (χ4v) is 2.14. The average molecular weight is 257 g/mol. The Labute approximate surface area is 109 Å². The molecule has 0 fully saturated rings. The van der Waals surface area contributed by atoms with E-state index in [1.54, 1.807) is 17.7 Å². The lowest BCUT2D eigenvalue weighted by Gasteiger charge is -2.11. The van der Waals surface area contributed by atoms with E-state index in [0.29, 0.717) is 17.2 Å². The van der Waals surface area contributed by atoms with Gasteiger partial charge in [-0.05, 0) is 24.3 Å². The number of methoxy groups -OCH3 is 1. The van der Waals surface area contributed by atoms with Gasteiger partial charge in [-0.2, -0.15) is 0 Å². The maximum absolute atomic E-state index is 13.2. The van der Waals surface area contributed by atoms with Crippen molar-refractivity contribution in [2.45, 2.75) is 0 Å². The molecule has 3 rings (SSSR count). The molecule has 0 aliphatic heterocycles. The number of anilines is 1. The van der Waals surface area contributed by atoms with E-state index in [2.05, 4.69) is 4.98 Å². The Kier molecular flexibility index (Phi) is 2.59. The highest BCUT2D eigenvalue weighted by atomic mass is 19.1. The minimum absolute atomic E-state index is 0.296. The molecule has 0 bridgehead atoms. The molecule has 0 aliphatic carbocycles. The maximum Gasteiger partial charge on any atom is 0.206 e. The quantitative estimate of drug-likeness (QED) is 0.768. The van der Waals surface area contributed by atoms with Gasteiger partial charge in [0, 0.05) is 6.07 Å². The zero-order valence-electron chi connectivity index (χ0n) is 10.3. The van der Waals surface area contributed by atoms with Crippen molar-refractivity contribution >= 4 is 17.0 Å². The summed E-state index contributed by atoms with van der Waals surface area (Å²) in [4.78, 5) is 4.17. The van der Waals surface area contributed by atoms with Crippen molar-refractivity contribution in [3.63, 3.8) is 0 Å². The largest absolute Gasteiger partial charge is 0.495 e. The highest BCUT2D eigenvalue weighted by molar-refractivity contribution is 5.81. The number of nitrogen functional groups attached to an aromatic ring is 1. The first-order valence-electron chi connectivity index (χ1n) is 5.77. The Bertz CT molecular complexity index is 752. The molecule has 5 heteroatoms. The van der Waals surface area contributed by atoms with E-state index in [1.165, 1.54) is 12.1 Å². The predicted octanol–water partition coefficient (Wildman–Crippen LogP) is 2.76. The Hall–Kier alpha value is -2.56. The predicted molar refractivity (Wildman–Crippen MR) is 72.0 cm³/mol. The summed E-state index contributed by atoms with van der Waals surface area (Å²) in [5.74, 6) is 0.639. The second kappa shape index (κ2) is 4.28. The SMILES string of the molecule is COc1ccccc1-n1c(N)nc2cc(F)ccc21. The molecule has 4 nitrogen and oxygen atoms in total. The van der Waals surface area contributed by atoms with Crippen molar-refractivity contribution in [1.82, 2.24) is 9.55 Å². The van der Waals surface area contributed by atoms with E-state index in [9.17, 15) is 4.39 Å². The fourth-order valence-electron chi connectivity index (χ4n) is 2.14. The van der Waals surface area contributed by atoms with Crippen molar-refractivity contribution in [3.8, 4) is 11.4 Å². The Morgan fingerprint density at radius 1 is 1.21 bits per heavy atom. The van der Waals surface area contributed by atoms with Gasteiger partial charge in [0.2, 0.25) is 5.95 Å². The van der Waals surface area contributed by atoms with Crippen LogP contribution in [0.25, 0.3) is 16.7 Å². The standard InChI is InChI=1S/C14H12FN3O/c1-19-13-5-3-2-4-12(13)18-11-7-6-9(15)8-10(11)17-14(18)16/h2-8H,1H3,(H2,16,17). The number of benzene rings is 2. The molecule has 0 radical (unpaired) electrons. The summed E-state index contributed by atoms with van der Waals surface area (Å²) in [5, 5.41) is 0. The first-order chi connectivity index (χ1) is 9.20. The topological polar surface area (TPSA) is 53.1 Å². The van der Waals surface area contributed by atoms with Crippen molar-refractivity contribution in [2.75, 3.05) is 12.8 Å². The first kappa shape index (κ1) is 11.5. The summed E-state index contributed by atoms with van der Waals surface area (Å²) in [6.45, 7) is 0. The number of aromatic nitrogens is 2. The highest BCUT2D eigenvalue weighted by Crippen LogP contribution is 2.29. The van der Waals surface area contributed by atoms with Crippen LogP contribution < -0.4 is 10.5 Å². The number of nitrogens with zero attached hydrogens (tertiary/aromatic N) is 2. The van der Waals surface area contributed by atoms with E-state index in [1.807, 2.05) is 24.3 Å². The Morgan fingerprint density at radius 3 is 2.79 bits per heavy atom. The van der Waals surface area contributed by atoms with Gasteiger partial charge in [-0.1, -0.05) is 12.1 Å². The number of para-hydroxylation sites is 2. The molecule has 0 amide bonds. The molecular formula is C14H12FN3O. The van der Waals surface area contributed by atoms with Gasteiger partial charge in [0.05, 0.1) is 23.8 Å². The van der Waals surface area contributed by atoms with Gasteiger partial charge >= 0.3 is 0 Å². The number of hydrogen-bond acceptors (Lipinski definition) is 3. The Balaban J connectivity index is 2.33. The van der Waals surface area contributed by atoms with Crippen LogP contribution in [0.2, 0.25) is 0 Å². The van der Waals surface area contributed by atoms with Crippen LogP contribution in [0.5, 0.6) is 5.75 Å². The maximum atomic E-state index is 13.2. The van der Waals surface area contributed by atoms with Gasteiger partial charge in [0.25, 0.3) is 0 Å². The molecule has 0 saturated heterocycles. The second-order valence-corrected chi connectivity index (χ2v) is 4.11. The lowest BCUT2D eigenvalue weighted by atomic mass is 10.2. The molecule has 96 valence electrons. The van der Waals surface area contributed by atoms with Crippen LogP contribution in [0.4, 0.5) is 10.3 Å². The first-order valence-corrected chi connectivity index (χ1v) is 5.77. The highest BCUT2D eigenvalue weighted by Gasteiger charge is 2.13. The number of imidazole rings is 1. The fraction of sp³-hybridized carbons (Fsp3) is 0.0714. The monoisotopic (exact) mass is 257 g/mol. The molecule has 1 aromatic heterocycles. The molecule has 0 aliphatic rings. The summed E-state index contributed by atoms with van der Waals surface area (Å²) >= 11 is 0. The number of fused-ring (bicyclic) bond motifs is 1.